The van der Waals surface area contributed by atoms with E-state index < -0.39 is 0 Å². The topological polar surface area (TPSA) is 42.0 Å². The van der Waals surface area contributed by atoms with E-state index in [-0.39, 0.29) is 11.7 Å². The van der Waals surface area contributed by atoms with Gasteiger partial charge in [0.2, 0.25) is 0 Å². The number of nitrogens with zero attached hydrogens (tertiary/aromatic N) is 1. The summed E-state index contributed by atoms with van der Waals surface area (Å²) in [7, 11) is 0. The molecule has 0 radical (unpaired) electrons. The van der Waals surface area contributed by atoms with Crippen molar-refractivity contribution in [3.8, 4) is 0 Å². The van der Waals surface area contributed by atoms with Crippen molar-refractivity contribution in [1.82, 2.24) is 10.3 Å². The van der Waals surface area contributed by atoms with E-state index in [1.807, 2.05) is 0 Å². The molecule has 1 amide bonds. The Balaban J connectivity index is 1.97. The Morgan fingerprint density at radius 2 is 2.00 bits per heavy atom. The van der Waals surface area contributed by atoms with Crippen LogP contribution in [0.1, 0.15) is 15.9 Å². The van der Waals surface area contributed by atoms with Crippen LogP contribution >= 0.6 is 0 Å². The minimum absolute atomic E-state index is 0.198. The first-order valence-electron chi connectivity index (χ1n) is 5.18. The van der Waals surface area contributed by atoms with Crippen LogP contribution in [0.4, 0.5) is 4.39 Å². The lowest BCUT2D eigenvalue weighted by Gasteiger charge is -2.05. The van der Waals surface area contributed by atoms with Crippen LogP contribution in [-0.4, -0.2) is 10.9 Å². The van der Waals surface area contributed by atoms with Gasteiger partial charge in [0, 0.05) is 24.5 Å². The minimum Gasteiger partial charge on any atom is -0.348 e. The Labute approximate surface area is 98.3 Å². The van der Waals surface area contributed by atoms with E-state index in [0.717, 1.165) is 5.56 Å². The van der Waals surface area contributed by atoms with Gasteiger partial charge in [-0.05, 0) is 29.8 Å². The Morgan fingerprint density at radius 3 is 2.71 bits per heavy atom. The van der Waals surface area contributed by atoms with Crippen LogP contribution < -0.4 is 5.32 Å². The number of pyridine rings is 1. The van der Waals surface area contributed by atoms with E-state index in [1.165, 1.54) is 12.1 Å². The third-order valence-electron chi connectivity index (χ3n) is 2.28. The third-order valence-corrected chi connectivity index (χ3v) is 2.28. The summed E-state index contributed by atoms with van der Waals surface area (Å²) >= 11 is 0. The van der Waals surface area contributed by atoms with Crippen molar-refractivity contribution in [3.05, 3.63) is 65.7 Å². The van der Waals surface area contributed by atoms with E-state index in [0.29, 0.717) is 12.1 Å². The molecule has 86 valence electrons. The Hall–Kier alpha value is -2.23. The lowest BCUT2D eigenvalue weighted by Crippen LogP contribution is -2.22. The highest BCUT2D eigenvalue weighted by molar-refractivity contribution is 5.93. The highest BCUT2D eigenvalue weighted by Gasteiger charge is 2.04. The smallest absolute Gasteiger partial charge is 0.251 e. The Morgan fingerprint density at radius 1 is 1.24 bits per heavy atom. The molecule has 1 heterocycles. The number of nitrogens with one attached hydrogen (secondary N) is 1. The van der Waals surface area contributed by atoms with E-state index >= 15 is 0 Å². The van der Waals surface area contributed by atoms with Gasteiger partial charge in [-0.2, -0.15) is 0 Å². The molecule has 0 bridgehead atoms. The molecule has 0 fully saturated rings. The number of hydrogen-bond acceptors (Lipinski definition) is 2. The molecule has 3 nitrogen and oxygen atoms in total. The number of amides is 1. The molecule has 0 unspecified atom stereocenters. The Kier molecular flexibility index (Phi) is 3.45. The molecular formula is C13H11FN2O. The fraction of sp³-hybridized carbons (Fsp3) is 0.0769. The molecule has 0 aliphatic heterocycles. The molecule has 17 heavy (non-hydrogen) atoms. The molecule has 2 aromatic rings. The van der Waals surface area contributed by atoms with Crippen molar-refractivity contribution >= 4 is 5.91 Å². The summed E-state index contributed by atoms with van der Waals surface area (Å²) in [6.45, 7) is 0.304. The fourth-order valence-electron chi connectivity index (χ4n) is 1.43. The van der Waals surface area contributed by atoms with Gasteiger partial charge in [-0.15, -0.1) is 0 Å². The first-order chi connectivity index (χ1) is 8.25. The second-order valence-corrected chi connectivity index (χ2v) is 3.55. The van der Waals surface area contributed by atoms with Gasteiger partial charge in [-0.25, -0.2) is 4.39 Å². The van der Waals surface area contributed by atoms with Crippen LogP contribution in [0.25, 0.3) is 0 Å². The van der Waals surface area contributed by atoms with Crippen molar-refractivity contribution < 1.29 is 9.18 Å². The highest BCUT2D eigenvalue weighted by atomic mass is 19.1. The number of rotatable bonds is 3. The predicted molar refractivity (Wildman–Crippen MR) is 61.8 cm³/mol. The Bertz CT molecular complexity index is 514. The van der Waals surface area contributed by atoms with E-state index in [1.54, 1.807) is 36.7 Å². The van der Waals surface area contributed by atoms with Crippen molar-refractivity contribution in [2.75, 3.05) is 0 Å². The van der Waals surface area contributed by atoms with Gasteiger partial charge in [0.15, 0.2) is 0 Å². The number of hydrogen-bond donors (Lipinski definition) is 1. The summed E-state index contributed by atoms with van der Waals surface area (Å²) in [4.78, 5) is 15.5. The highest BCUT2D eigenvalue weighted by Crippen LogP contribution is 2.03. The van der Waals surface area contributed by atoms with E-state index in [9.17, 15) is 9.18 Å². The molecule has 4 heteroatoms. The normalized spacial score (nSPS) is 9.94. The molecule has 2 rings (SSSR count). The number of halogens is 1. The zero-order chi connectivity index (χ0) is 12.1. The summed E-state index contributed by atoms with van der Waals surface area (Å²) in [6, 6.07) is 9.39. The van der Waals surface area contributed by atoms with Gasteiger partial charge in [-0.1, -0.05) is 12.1 Å². The van der Waals surface area contributed by atoms with Gasteiger partial charge < -0.3 is 5.32 Å². The van der Waals surface area contributed by atoms with Crippen LogP contribution in [0.5, 0.6) is 0 Å². The molecule has 0 saturated carbocycles. The van der Waals surface area contributed by atoms with Crippen molar-refractivity contribution in [3.63, 3.8) is 0 Å². The van der Waals surface area contributed by atoms with Crippen LogP contribution in [0.3, 0.4) is 0 Å². The van der Waals surface area contributed by atoms with E-state index in [4.69, 9.17) is 0 Å². The van der Waals surface area contributed by atoms with Crippen LogP contribution in [-0.2, 0) is 6.54 Å². The lowest BCUT2D eigenvalue weighted by molar-refractivity contribution is 0.0950. The molecule has 0 atom stereocenters. The van der Waals surface area contributed by atoms with Crippen molar-refractivity contribution in [2.45, 2.75) is 6.54 Å². The average Bonchev–Trinajstić information content (AvgIpc) is 2.37. The second kappa shape index (κ2) is 5.21. The number of carbonyl (C=O) groups is 1. The largest absolute Gasteiger partial charge is 0.348 e. The van der Waals surface area contributed by atoms with Gasteiger partial charge in [0.25, 0.3) is 5.91 Å². The molecule has 0 spiro atoms. The molecule has 1 aromatic carbocycles. The van der Waals surface area contributed by atoms with Crippen LogP contribution in [0.2, 0.25) is 0 Å². The maximum atomic E-state index is 12.9. The fourth-order valence-corrected chi connectivity index (χ4v) is 1.43. The predicted octanol–water partition coefficient (Wildman–Crippen LogP) is 2.15. The summed E-state index contributed by atoms with van der Waals surface area (Å²) in [5.41, 5.74) is 1.27. The van der Waals surface area contributed by atoms with Crippen LogP contribution in [0.15, 0.2) is 48.8 Å². The quantitative estimate of drug-likeness (QED) is 0.877. The van der Waals surface area contributed by atoms with Crippen molar-refractivity contribution in [1.29, 1.82) is 0 Å². The van der Waals surface area contributed by atoms with Gasteiger partial charge in [0.1, 0.15) is 5.82 Å². The first-order valence-corrected chi connectivity index (χ1v) is 5.18. The third kappa shape index (κ3) is 3.11. The van der Waals surface area contributed by atoms with Crippen LogP contribution in [0, 0.1) is 5.82 Å². The summed E-state index contributed by atoms with van der Waals surface area (Å²) < 4.78 is 12.9. The number of carbonyl (C=O) groups excluding carboxylic acids is 1. The molecule has 1 N–H and O–H groups in total. The standard InChI is InChI=1S/C13H11FN2O/c14-12-3-1-2-10(8-12)9-16-13(17)11-4-6-15-7-5-11/h1-8H,9H2,(H,16,17). The van der Waals surface area contributed by atoms with Gasteiger partial charge >= 0.3 is 0 Å². The van der Waals surface area contributed by atoms with Gasteiger partial charge in [-0.3, -0.25) is 9.78 Å². The molecule has 0 aliphatic rings. The zero-order valence-corrected chi connectivity index (χ0v) is 9.06. The minimum atomic E-state index is -0.305. The summed E-state index contributed by atoms with van der Waals surface area (Å²) in [5, 5.41) is 2.71. The lowest BCUT2D eigenvalue weighted by atomic mass is 10.2. The number of aromatic nitrogens is 1. The summed E-state index contributed by atoms with van der Waals surface area (Å²) in [5.74, 6) is -0.502. The maximum absolute atomic E-state index is 12.9. The molecular weight excluding hydrogens is 219 g/mol. The first kappa shape index (κ1) is 11.3. The molecule has 1 aromatic heterocycles. The maximum Gasteiger partial charge on any atom is 0.251 e. The zero-order valence-electron chi connectivity index (χ0n) is 9.06. The van der Waals surface area contributed by atoms with Crippen molar-refractivity contribution in [2.24, 2.45) is 0 Å². The second-order valence-electron chi connectivity index (χ2n) is 3.55. The average molecular weight is 230 g/mol. The summed E-state index contributed by atoms with van der Waals surface area (Å²) in [6.07, 6.45) is 3.11. The monoisotopic (exact) mass is 230 g/mol. The van der Waals surface area contributed by atoms with E-state index in [2.05, 4.69) is 10.3 Å². The SMILES string of the molecule is O=C(NCc1cccc(F)c1)c1ccncc1. The molecule has 0 aliphatic carbocycles. The molecule has 0 saturated heterocycles. The number of benzene rings is 1. The van der Waals surface area contributed by atoms with Gasteiger partial charge in [0.05, 0.1) is 0 Å².